The SMILES string of the molecule is CC(=O)Nc1cccc(C(C)NCc2cc[nH]c2)c1. The number of H-pyrrole nitrogens is 1. The molecule has 0 fully saturated rings. The molecule has 1 amide bonds. The van der Waals surface area contributed by atoms with Crippen molar-refractivity contribution in [1.82, 2.24) is 10.3 Å². The Labute approximate surface area is 113 Å². The molecule has 0 radical (unpaired) electrons. The molecule has 0 aliphatic carbocycles. The van der Waals surface area contributed by atoms with Gasteiger partial charge in [-0.2, -0.15) is 0 Å². The molecule has 0 aliphatic heterocycles. The highest BCUT2D eigenvalue weighted by Gasteiger charge is 2.06. The maximum atomic E-state index is 11.0. The van der Waals surface area contributed by atoms with Gasteiger partial charge in [-0.05, 0) is 36.2 Å². The van der Waals surface area contributed by atoms with Crippen LogP contribution in [0.2, 0.25) is 0 Å². The number of aromatic nitrogens is 1. The molecule has 3 N–H and O–H groups in total. The summed E-state index contributed by atoms with van der Waals surface area (Å²) < 4.78 is 0. The van der Waals surface area contributed by atoms with Gasteiger partial charge in [0.05, 0.1) is 0 Å². The third-order valence-corrected chi connectivity index (χ3v) is 2.98. The van der Waals surface area contributed by atoms with Crippen LogP contribution in [0.3, 0.4) is 0 Å². The maximum Gasteiger partial charge on any atom is 0.221 e. The largest absolute Gasteiger partial charge is 0.367 e. The third-order valence-electron chi connectivity index (χ3n) is 2.98. The maximum absolute atomic E-state index is 11.0. The fourth-order valence-corrected chi connectivity index (χ4v) is 1.95. The standard InChI is InChI=1S/C15H19N3O/c1-11(17-10-13-6-7-16-9-13)14-4-3-5-15(8-14)18-12(2)19/h3-9,11,16-17H,10H2,1-2H3,(H,18,19). The molecule has 4 heteroatoms. The third kappa shape index (κ3) is 3.96. The van der Waals surface area contributed by atoms with E-state index in [9.17, 15) is 4.79 Å². The van der Waals surface area contributed by atoms with Crippen LogP contribution >= 0.6 is 0 Å². The first-order chi connectivity index (χ1) is 9.15. The van der Waals surface area contributed by atoms with Gasteiger partial charge in [0.2, 0.25) is 5.91 Å². The molecule has 2 rings (SSSR count). The van der Waals surface area contributed by atoms with Crippen LogP contribution in [-0.2, 0) is 11.3 Å². The summed E-state index contributed by atoms with van der Waals surface area (Å²) in [6, 6.07) is 10.2. The van der Waals surface area contributed by atoms with Gasteiger partial charge in [-0.25, -0.2) is 0 Å². The number of benzene rings is 1. The van der Waals surface area contributed by atoms with Crippen LogP contribution in [0.15, 0.2) is 42.7 Å². The zero-order chi connectivity index (χ0) is 13.7. The van der Waals surface area contributed by atoms with E-state index in [4.69, 9.17) is 0 Å². The van der Waals surface area contributed by atoms with Gasteiger partial charge >= 0.3 is 0 Å². The molecular weight excluding hydrogens is 238 g/mol. The molecule has 19 heavy (non-hydrogen) atoms. The predicted octanol–water partition coefficient (Wildman–Crippen LogP) is 2.82. The van der Waals surface area contributed by atoms with Gasteiger partial charge in [0, 0.05) is 37.6 Å². The number of carbonyl (C=O) groups is 1. The van der Waals surface area contributed by atoms with Crippen molar-refractivity contribution in [1.29, 1.82) is 0 Å². The summed E-state index contributed by atoms with van der Waals surface area (Å²) in [7, 11) is 0. The van der Waals surface area contributed by atoms with Crippen molar-refractivity contribution in [3.05, 3.63) is 53.9 Å². The van der Waals surface area contributed by atoms with E-state index in [0.717, 1.165) is 17.8 Å². The Morgan fingerprint density at radius 3 is 2.89 bits per heavy atom. The lowest BCUT2D eigenvalue weighted by Gasteiger charge is -2.15. The fourth-order valence-electron chi connectivity index (χ4n) is 1.95. The smallest absolute Gasteiger partial charge is 0.221 e. The van der Waals surface area contributed by atoms with Crippen molar-refractivity contribution in [3.63, 3.8) is 0 Å². The normalized spacial score (nSPS) is 12.1. The second kappa shape index (κ2) is 6.20. The Morgan fingerprint density at radius 1 is 1.37 bits per heavy atom. The van der Waals surface area contributed by atoms with E-state index in [1.807, 2.05) is 36.7 Å². The van der Waals surface area contributed by atoms with E-state index >= 15 is 0 Å². The number of rotatable bonds is 5. The number of anilines is 1. The second-order valence-corrected chi connectivity index (χ2v) is 4.63. The highest BCUT2D eigenvalue weighted by atomic mass is 16.1. The number of hydrogen-bond donors (Lipinski definition) is 3. The van der Waals surface area contributed by atoms with Gasteiger partial charge in [0.25, 0.3) is 0 Å². The first-order valence-electron chi connectivity index (χ1n) is 6.38. The molecule has 2 aromatic rings. The lowest BCUT2D eigenvalue weighted by Crippen LogP contribution is -2.18. The summed E-state index contributed by atoms with van der Waals surface area (Å²) >= 11 is 0. The minimum absolute atomic E-state index is 0.0508. The molecule has 0 bridgehead atoms. The van der Waals surface area contributed by atoms with Crippen LogP contribution in [0.4, 0.5) is 5.69 Å². The highest BCUT2D eigenvalue weighted by molar-refractivity contribution is 5.88. The Kier molecular flexibility index (Phi) is 4.36. The molecule has 1 unspecified atom stereocenters. The molecule has 0 saturated carbocycles. The van der Waals surface area contributed by atoms with Crippen molar-refractivity contribution in [2.24, 2.45) is 0 Å². The van der Waals surface area contributed by atoms with E-state index in [-0.39, 0.29) is 11.9 Å². The average molecular weight is 257 g/mol. The van der Waals surface area contributed by atoms with Crippen LogP contribution in [0, 0.1) is 0 Å². The van der Waals surface area contributed by atoms with E-state index < -0.39 is 0 Å². The molecule has 1 aromatic heterocycles. The molecule has 1 atom stereocenters. The number of hydrogen-bond acceptors (Lipinski definition) is 2. The van der Waals surface area contributed by atoms with Gasteiger partial charge in [0.1, 0.15) is 0 Å². The molecule has 1 aromatic carbocycles. The van der Waals surface area contributed by atoms with Gasteiger partial charge in [0.15, 0.2) is 0 Å². The summed E-state index contributed by atoms with van der Waals surface area (Å²) in [5.74, 6) is -0.0508. The monoisotopic (exact) mass is 257 g/mol. The molecular formula is C15H19N3O. The van der Waals surface area contributed by atoms with Crippen molar-refractivity contribution < 1.29 is 4.79 Å². The van der Waals surface area contributed by atoms with Crippen molar-refractivity contribution in [3.8, 4) is 0 Å². The van der Waals surface area contributed by atoms with Crippen LogP contribution in [0.5, 0.6) is 0 Å². The number of amides is 1. The number of carbonyl (C=O) groups excluding carboxylic acids is 1. The highest BCUT2D eigenvalue weighted by Crippen LogP contribution is 2.17. The first-order valence-corrected chi connectivity index (χ1v) is 6.38. The van der Waals surface area contributed by atoms with Gasteiger partial charge in [-0.3, -0.25) is 4.79 Å². The van der Waals surface area contributed by atoms with Crippen molar-refractivity contribution >= 4 is 11.6 Å². The summed E-state index contributed by atoms with van der Waals surface area (Å²) in [5.41, 5.74) is 3.21. The minimum atomic E-state index is -0.0508. The second-order valence-electron chi connectivity index (χ2n) is 4.63. The summed E-state index contributed by atoms with van der Waals surface area (Å²) in [4.78, 5) is 14.1. The lowest BCUT2D eigenvalue weighted by molar-refractivity contribution is -0.114. The zero-order valence-corrected chi connectivity index (χ0v) is 11.2. The van der Waals surface area contributed by atoms with E-state index in [1.54, 1.807) is 0 Å². The quantitative estimate of drug-likeness (QED) is 0.771. The zero-order valence-electron chi connectivity index (χ0n) is 11.2. The minimum Gasteiger partial charge on any atom is -0.367 e. The summed E-state index contributed by atoms with van der Waals surface area (Å²) in [6.45, 7) is 4.44. The van der Waals surface area contributed by atoms with Crippen molar-refractivity contribution in [2.75, 3.05) is 5.32 Å². The molecule has 100 valence electrons. The van der Waals surface area contributed by atoms with E-state index in [0.29, 0.717) is 0 Å². The predicted molar refractivity (Wildman–Crippen MR) is 76.8 cm³/mol. The first kappa shape index (κ1) is 13.4. The van der Waals surface area contributed by atoms with Crippen LogP contribution < -0.4 is 10.6 Å². The molecule has 0 spiro atoms. The van der Waals surface area contributed by atoms with E-state index in [2.05, 4.69) is 28.6 Å². The Bertz CT molecular complexity index is 534. The number of aromatic amines is 1. The Balaban J connectivity index is 1.98. The summed E-state index contributed by atoms with van der Waals surface area (Å²) in [5, 5.41) is 6.25. The Morgan fingerprint density at radius 2 is 2.21 bits per heavy atom. The molecule has 1 heterocycles. The molecule has 0 saturated heterocycles. The van der Waals surface area contributed by atoms with Gasteiger partial charge < -0.3 is 15.6 Å². The lowest BCUT2D eigenvalue weighted by atomic mass is 10.1. The topological polar surface area (TPSA) is 56.9 Å². The Hall–Kier alpha value is -2.07. The summed E-state index contributed by atoms with van der Waals surface area (Å²) in [6.07, 6.45) is 3.90. The van der Waals surface area contributed by atoms with Crippen LogP contribution in [-0.4, -0.2) is 10.9 Å². The molecule has 0 aliphatic rings. The van der Waals surface area contributed by atoms with Gasteiger partial charge in [-0.1, -0.05) is 12.1 Å². The van der Waals surface area contributed by atoms with E-state index in [1.165, 1.54) is 12.5 Å². The average Bonchev–Trinajstić information content (AvgIpc) is 2.88. The molecule has 4 nitrogen and oxygen atoms in total. The van der Waals surface area contributed by atoms with Crippen LogP contribution in [0.25, 0.3) is 0 Å². The fraction of sp³-hybridized carbons (Fsp3) is 0.267. The van der Waals surface area contributed by atoms with Crippen LogP contribution in [0.1, 0.15) is 31.0 Å². The number of nitrogens with one attached hydrogen (secondary N) is 3. The van der Waals surface area contributed by atoms with Gasteiger partial charge in [-0.15, -0.1) is 0 Å². The van der Waals surface area contributed by atoms with Crippen molar-refractivity contribution in [2.45, 2.75) is 26.4 Å².